The standard InChI is InChI=1S/C104H78N4/c1-63-41-49-71-25-9-17-33-79(71)97(63)105(98-64(2)42-50-72-26-10-18-34-80(72)98)91-61-92(106(99-65(3)43-51-73-27-11-19-35-81(73)99)100-66(4)44-52-74-28-12-20-36-82(74)100)88-59-60-90-94(108(103-69(7)47-55-77-31-15-23-39-85(77)103)104-70(8)48-56-78-32-16-24-40-86(78)104)62-93(89-58-57-87(91)95(88)96(89)90)107(101-67(5)45-53-75-29-13-21-37-83(75)101)102-68(6)46-54-76-30-14-22-38-84(76)102/h9-62H,1-8H3. The summed E-state index contributed by atoms with van der Waals surface area (Å²) in [6.45, 7) is 18.5. The lowest BCUT2D eigenvalue weighted by molar-refractivity contribution is 1.24. The van der Waals surface area contributed by atoms with Crippen LogP contribution in [0.4, 0.5) is 68.2 Å². The third kappa shape index (κ3) is 9.90. The molecule has 4 heteroatoms. The van der Waals surface area contributed by atoms with Crippen LogP contribution in [0.5, 0.6) is 0 Å². The zero-order valence-electron chi connectivity index (χ0n) is 62.0. The minimum atomic E-state index is 1.07. The Labute approximate surface area is 629 Å². The second-order valence-corrected chi connectivity index (χ2v) is 29.9. The first-order valence-corrected chi connectivity index (χ1v) is 37.8. The molecule has 20 aromatic rings. The van der Waals surface area contributed by atoms with Crippen molar-refractivity contribution in [3.63, 3.8) is 0 Å². The van der Waals surface area contributed by atoms with Gasteiger partial charge in [-0.1, -0.05) is 315 Å². The van der Waals surface area contributed by atoms with Gasteiger partial charge >= 0.3 is 0 Å². The molecule has 0 radical (unpaired) electrons. The van der Waals surface area contributed by atoms with Gasteiger partial charge in [0, 0.05) is 75.4 Å². The lowest BCUT2D eigenvalue weighted by Gasteiger charge is -2.37. The van der Waals surface area contributed by atoms with Crippen molar-refractivity contribution < 1.29 is 0 Å². The molecule has 0 spiro atoms. The number of aryl methyl sites for hydroxylation is 8. The van der Waals surface area contributed by atoms with Crippen molar-refractivity contribution in [3.05, 3.63) is 372 Å². The minimum Gasteiger partial charge on any atom is -0.308 e. The molecular formula is C104H78N4. The summed E-state index contributed by atoms with van der Waals surface area (Å²) in [5, 5.41) is 25.6. The smallest absolute Gasteiger partial charge is 0.0569 e. The Morgan fingerprint density at radius 3 is 0.426 bits per heavy atom. The van der Waals surface area contributed by atoms with E-state index in [1.54, 1.807) is 0 Å². The maximum Gasteiger partial charge on any atom is 0.0569 e. The summed E-state index contributed by atoms with van der Waals surface area (Å²) in [5.74, 6) is 0. The summed E-state index contributed by atoms with van der Waals surface area (Å²) in [4.78, 5) is 10.8. The highest BCUT2D eigenvalue weighted by atomic mass is 15.2. The Morgan fingerprint density at radius 2 is 0.278 bits per heavy atom. The summed E-state index contributed by atoms with van der Waals surface area (Å²) in [6, 6.07) is 124. The SMILES string of the molecule is Cc1ccc2ccccc2c1N(c1c(C)ccc2ccccc12)c1cc(N(c2c(C)ccc3ccccc23)c2c(C)ccc3ccccc23)c2ccc3c(N(c4c(C)ccc5ccccc45)c4c(C)ccc5ccccc45)cc(N(c4c(C)ccc5ccccc45)c4c(C)ccc5ccccc45)c4ccc1c2c43. The van der Waals surface area contributed by atoms with E-state index >= 15 is 0 Å². The first-order chi connectivity index (χ1) is 52.9. The molecule has 0 amide bonds. The minimum absolute atomic E-state index is 1.07. The predicted octanol–water partition coefficient (Wildman–Crippen LogP) is 30.2. The van der Waals surface area contributed by atoms with Crippen LogP contribution in [0, 0.1) is 55.4 Å². The summed E-state index contributed by atoms with van der Waals surface area (Å²) in [6.07, 6.45) is 0. The van der Waals surface area contributed by atoms with E-state index < -0.39 is 0 Å². The maximum atomic E-state index is 2.69. The largest absolute Gasteiger partial charge is 0.308 e. The van der Waals surface area contributed by atoms with E-state index in [9.17, 15) is 0 Å². The lowest BCUT2D eigenvalue weighted by atomic mass is 9.87. The molecule has 0 heterocycles. The highest BCUT2D eigenvalue weighted by molar-refractivity contribution is 6.35. The normalized spacial score (nSPS) is 11.9. The van der Waals surface area contributed by atoms with Crippen molar-refractivity contribution in [1.82, 2.24) is 0 Å². The van der Waals surface area contributed by atoms with E-state index in [2.05, 4.69) is 403 Å². The predicted molar refractivity (Wildman–Crippen MR) is 467 cm³/mol. The van der Waals surface area contributed by atoms with Gasteiger partial charge < -0.3 is 19.6 Å². The molecule has 0 bridgehead atoms. The molecule has 0 atom stereocenters. The van der Waals surface area contributed by atoms with E-state index in [0.717, 1.165) is 101 Å². The Bertz CT molecular complexity index is 5960. The van der Waals surface area contributed by atoms with Gasteiger partial charge in [0.25, 0.3) is 0 Å². The van der Waals surface area contributed by atoms with Gasteiger partial charge in [0.2, 0.25) is 0 Å². The van der Waals surface area contributed by atoms with Gasteiger partial charge in [0.1, 0.15) is 0 Å². The third-order valence-corrected chi connectivity index (χ3v) is 23.4. The molecule has 0 saturated carbocycles. The zero-order valence-corrected chi connectivity index (χ0v) is 62.0. The maximum absolute atomic E-state index is 2.69. The molecule has 0 aromatic heterocycles. The quantitative estimate of drug-likeness (QED) is 0.113. The van der Waals surface area contributed by atoms with Gasteiger partial charge in [-0.25, -0.2) is 0 Å². The van der Waals surface area contributed by atoms with Crippen LogP contribution < -0.4 is 19.6 Å². The van der Waals surface area contributed by atoms with Crippen molar-refractivity contribution in [2.45, 2.75) is 55.4 Å². The highest BCUT2D eigenvalue weighted by Gasteiger charge is 2.35. The number of rotatable bonds is 12. The van der Waals surface area contributed by atoms with Crippen LogP contribution in [-0.2, 0) is 0 Å². The monoisotopic (exact) mass is 1380 g/mol. The van der Waals surface area contributed by atoms with Crippen LogP contribution in [0.15, 0.2) is 328 Å². The molecule has 4 nitrogen and oxygen atoms in total. The first kappa shape index (κ1) is 64.3. The molecule has 20 aromatic carbocycles. The number of fused-ring (bicyclic) bond motifs is 8. The van der Waals surface area contributed by atoms with Crippen molar-refractivity contribution in [1.29, 1.82) is 0 Å². The van der Waals surface area contributed by atoms with Gasteiger partial charge in [-0.2, -0.15) is 0 Å². The Hall–Kier alpha value is -13.3. The van der Waals surface area contributed by atoms with E-state index in [1.807, 2.05) is 0 Å². The number of anilines is 12. The summed E-state index contributed by atoms with van der Waals surface area (Å²) < 4.78 is 0. The van der Waals surface area contributed by atoms with Crippen LogP contribution in [0.1, 0.15) is 44.5 Å². The molecule has 20 rings (SSSR count). The number of benzene rings is 20. The number of hydrogen-bond donors (Lipinski definition) is 0. The van der Waals surface area contributed by atoms with Crippen molar-refractivity contribution >= 4 is 187 Å². The van der Waals surface area contributed by atoms with Gasteiger partial charge in [0.05, 0.1) is 68.2 Å². The molecule has 0 aliphatic rings. The fraction of sp³-hybridized carbons (Fsp3) is 0.0769. The van der Waals surface area contributed by atoms with E-state index in [-0.39, 0.29) is 0 Å². The van der Waals surface area contributed by atoms with E-state index in [4.69, 9.17) is 0 Å². The fourth-order valence-electron chi connectivity index (χ4n) is 18.4. The summed E-state index contributed by atoms with van der Waals surface area (Å²) >= 11 is 0. The number of hydrogen-bond acceptors (Lipinski definition) is 4. The average Bonchev–Trinajstić information content (AvgIpc) is 0.690. The van der Waals surface area contributed by atoms with Gasteiger partial charge in [-0.3, -0.25) is 0 Å². The Balaban J connectivity index is 1.07. The van der Waals surface area contributed by atoms with Gasteiger partial charge in [0.15, 0.2) is 0 Å². The lowest BCUT2D eigenvalue weighted by Crippen LogP contribution is -2.19. The topological polar surface area (TPSA) is 13.0 Å². The average molecular weight is 1380 g/mol. The second kappa shape index (κ2) is 25.2. The first-order valence-electron chi connectivity index (χ1n) is 37.8. The summed E-state index contributed by atoms with van der Waals surface area (Å²) in [5.41, 5.74) is 22.7. The van der Waals surface area contributed by atoms with Crippen molar-refractivity contribution in [2.24, 2.45) is 0 Å². The van der Waals surface area contributed by atoms with E-state index in [1.165, 1.54) is 131 Å². The van der Waals surface area contributed by atoms with Crippen LogP contribution in [0.3, 0.4) is 0 Å². The summed E-state index contributed by atoms with van der Waals surface area (Å²) in [7, 11) is 0. The van der Waals surface area contributed by atoms with Crippen LogP contribution in [0.25, 0.3) is 118 Å². The van der Waals surface area contributed by atoms with Crippen LogP contribution >= 0.6 is 0 Å². The Kier molecular flexibility index (Phi) is 15.0. The fourth-order valence-corrected chi connectivity index (χ4v) is 18.4. The van der Waals surface area contributed by atoms with Crippen molar-refractivity contribution in [2.75, 3.05) is 19.6 Å². The van der Waals surface area contributed by atoms with Crippen LogP contribution in [0.2, 0.25) is 0 Å². The molecular weight excluding hydrogens is 1310 g/mol. The Morgan fingerprint density at radius 1 is 0.139 bits per heavy atom. The molecule has 108 heavy (non-hydrogen) atoms. The second-order valence-electron chi connectivity index (χ2n) is 29.9. The van der Waals surface area contributed by atoms with Gasteiger partial charge in [-0.15, -0.1) is 0 Å². The molecule has 0 saturated heterocycles. The molecule has 0 fully saturated rings. The molecule has 0 unspecified atom stereocenters. The molecule has 514 valence electrons. The molecule has 0 N–H and O–H groups in total. The van der Waals surface area contributed by atoms with Crippen molar-refractivity contribution in [3.8, 4) is 0 Å². The van der Waals surface area contributed by atoms with Gasteiger partial charge in [-0.05, 0) is 155 Å². The molecule has 0 aliphatic heterocycles. The molecule has 0 aliphatic carbocycles. The number of nitrogens with zero attached hydrogens (tertiary/aromatic N) is 4. The highest BCUT2D eigenvalue weighted by Crippen LogP contribution is 2.60. The third-order valence-electron chi connectivity index (χ3n) is 23.4. The van der Waals surface area contributed by atoms with Crippen LogP contribution in [-0.4, -0.2) is 0 Å². The van der Waals surface area contributed by atoms with E-state index in [0.29, 0.717) is 0 Å². The zero-order chi connectivity index (χ0) is 72.7.